The van der Waals surface area contributed by atoms with Crippen molar-refractivity contribution in [3.63, 3.8) is 0 Å². The van der Waals surface area contributed by atoms with E-state index in [1.165, 1.54) is 0 Å². The highest BCUT2D eigenvalue weighted by Gasteiger charge is 2.21. The molecule has 0 bridgehead atoms. The molecule has 0 aliphatic heterocycles. The van der Waals surface area contributed by atoms with Gasteiger partial charge in [-0.15, -0.1) is 0 Å². The zero-order valence-electron chi connectivity index (χ0n) is 10.6. The molecular formula is C12H18N2O3. The van der Waals surface area contributed by atoms with Crippen molar-refractivity contribution in [2.75, 3.05) is 20.2 Å². The second-order valence-corrected chi connectivity index (χ2v) is 3.80. The molecule has 0 aliphatic carbocycles. The first-order chi connectivity index (χ1) is 8.02. The number of Topliss-reactive ketones (excluding diaryl/α,β-unsaturated/α-hetero) is 1. The first kappa shape index (κ1) is 13.4. The summed E-state index contributed by atoms with van der Waals surface area (Å²) < 4.78 is 4.92. The number of rotatable bonds is 5. The van der Waals surface area contributed by atoms with E-state index in [0.29, 0.717) is 29.1 Å². The Bertz CT molecular complexity index is 435. The lowest BCUT2D eigenvalue weighted by atomic mass is 10.1. The molecule has 0 spiro atoms. The number of hydrogen-bond acceptors (Lipinski definition) is 4. The van der Waals surface area contributed by atoms with Gasteiger partial charge in [-0.1, -0.05) is 0 Å². The summed E-state index contributed by atoms with van der Waals surface area (Å²) in [6.45, 7) is 5.84. The van der Waals surface area contributed by atoms with E-state index in [2.05, 4.69) is 10.3 Å². The highest BCUT2D eigenvalue weighted by Crippen LogP contribution is 2.19. The van der Waals surface area contributed by atoms with E-state index in [-0.39, 0.29) is 12.3 Å². The molecule has 94 valence electrons. The number of esters is 1. The molecule has 1 aromatic heterocycles. The Morgan fingerprint density at radius 2 is 2.00 bits per heavy atom. The van der Waals surface area contributed by atoms with E-state index in [9.17, 15) is 9.59 Å². The van der Waals surface area contributed by atoms with Gasteiger partial charge in [0.05, 0.1) is 13.2 Å². The highest BCUT2D eigenvalue weighted by atomic mass is 16.5. The Labute approximate surface area is 101 Å². The van der Waals surface area contributed by atoms with Crippen LogP contribution in [0.3, 0.4) is 0 Å². The molecule has 1 heterocycles. The van der Waals surface area contributed by atoms with Crippen molar-refractivity contribution in [2.24, 2.45) is 0 Å². The predicted molar refractivity (Wildman–Crippen MR) is 64.5 cm³/mol. The molecule has 0 fully saturated rings. The van der Waals surface area contributed by atoms with E-state index in [4.69, 9.17) is 4.74 Å². The summed E-state index contributed by atoms with van der Waals surface area (Å²) in [5, 5.41) is 2.80. The number of carbonyl (C=O) groups is 2. The highest BCUT2D eigenvalue weighted by molar-refractivity contribution is 6.03. The average molecular weight is 238 g/mol. The van der Waals surface area contributed by atoms with Gasteiger partial charge in [0.15, 0.2) is 5.78 Å². The second-order valence-electron chi connectivity index (χ2n) is 3.80. The van der Waals surface area contributed by atoms with Crippen LogP contribution in [-0.4, -0.2) is 36.9 Å². The third-order valence-electron chi connectivity index (χ3n) is 2.53. The maximum atomic E-state index is 11.8. The number of carbonyl (C=O) groups excluding carboxylic acids is 2. The molecule has 0 aromatic carbocycles. The quantitative estimate of drug-likeness (QED) is 0.597. The van der Waals surface area contributed by atoms with Crippen LogP contribution < -0.4 is 5.32 Å². The zero-order chi connectivity index (χ0) is 13.0. The van der Waals surface area contributed by atoms with E-state index in [1.54, 1.807) is 27.8 Å². The van der Waals surface area contributed by atoms with Crippen LogP contribution in [0, 0.1) is 13.8 Å². The molecule has 0 saturated carbocycles. The van der Waals surface area contributed by atoms with Crippen molar-refractivity contribution in [1.82, 2.24) is 10.3 Å². The van der Waals surface area contributed by atoms with Crippen LogP contribution in [0.25, 0.3) is 0 Å². The second kappa shape index (κ2) is 5.63. The lowest BCUT2D eigenvalue weighted by Gasteiger charge is -2.02. The monoisotopic (exact) mass is 238 g/mol. The predicted octanol–water partition coefficient (Wildman–Crippen LogP) is 1.21. The van der Waals surface area contributed by atoms with Crippen molar-refractivity contribution < 1.29 is 14.3 Å². The molecule has 0 saturated heterocycles. The molecule has 5 heteroatoms. The Kier molecular flexibility index (Phi) is 4.45. The molecule has 0 atom stereocenters. The van der Waals surface area contributed by atoms with Gasteiger partial charge >= 0.3 is 5.97 Å². The van der Waals surface area contributed by atoms with E-state index in [0.717, 1.165) is 0 Å². The van der Waals surface area contributed by atoms with Gasteiger partial charge in [0.2, 0.25) is 0 Å². The summed E-state index contributed by atoms with van der Waals surface area (Å²) >= 11 is 0. The number of aryl methyl sites for hydroxylation is 1. The molecule has 5 nitrogen and oxygen atoms in total. The number of nitrogens with one attached hydrogen (secondary N) is 2. The average Bonchev–Trinajstić information content (AvgIpc) is 2.55. The van der Waals surface area contributed by atoms with Crippen LogP contribution in [-0.2, 0) is 4.74 Å². The van der Waals surface area contributed by atoms with E-state index in [1.807, 2.05) is 0 Å². The van der Waals surface area contributed by atoms with E-state index >= 15 is 0 Å². The first-order valence-corrected chi connectivity index (χ1v) is 5.57. The first-order valence-electron chi connectivity index (χ1n) is 5.57. The number of hydrogen-bond donors (Lipinski definition) is 2. The van der Waals surface area contributed by atoms with Gasteiger partial charge in [0, 0.05) is 11.3 Å². The van der Waals surface area contributed by atoms with Crippen molar-refractivity contribution >= 4 is 11.8 Å². The molecule has 1 rings (SSSR count). The van der Waals surface area contributed by atoms with Gasteiger partial charge in [-0.05, 0) is 33.4 Å². The summed E-state index contributed by atoms with van der Waals surface area (Å²) in [7, 11) is 1.71. The molecule has 0 radical (unpaired) electrons. The maximum Gasteiger partial charge on any atom is 0.355 e. The fourth-order valence-corrected chi connectivity index (χ4v) is 1.82. The molecule has 17 heavy (non-hydrogen) atoms. The van der Waals surface area contributed by atoms with Gasteiger partial charge in [0.25, 0.3) is 0 Å². The van der Waals surface area contributed by atoms with Gasteiger partial charge in [-0.2, -0.15) is 0 Å². The third kappa shape index (κ3) is 2.74. The molecule has 0 amide bonds. The SMILES string of the molecule is CCOC(=O)c1[nH]c(C)c(C(=O)CNC)c1C. The lowest BCUT2D eigenvalue weighted by molar-refractivity contribution is 0.0519. The van der Waals surface area contributed by atoms with Crippen molar-refractivity contribution in [3.8, 4) is 0 Å². The topological polar surface area (TPSA) is 71.2 Å². The van der Waals surface area contributed by atoms with Crippen LogP contribution >= 0.6 is 0 Å². The number of ketones is 1. The van der Waals surface area contributed by atoms with Crippen LogP contribution in [0.15, 0.2) is 0 Å². The van der Waals surface area contributed by atoms with Gasteiger partial charge in [-0.3, -0.25) is 4.79 Å². The number of ether oxygens (including phenoxy) is 1. The minimum absolute atomic E-state index is 0.0331. The Balaban J connectivity index is 3.09. The molecule has 1 aromatic rings. The lowest BCUT2D eigenvalue weighted by Crippen LogP contribution is -2.19. The van der Waals surface area contributed by atoms with Crippen LogP contribution in [0.1, 0.15) is 39.0 Å². The third-order valence-corrected chi connectivity index (χ3v) is 2.53. The Morgan fingerprint density at radius 3 is 2.53 bits per heavy atom. The van der Waals surface area contributed by atoms with Crippen LogP contribution in [0.5, 0.6) is 0 Å². The summed E-state index contributed by atoms with van der Waals surface area (Å²) in [6.07, 6.45) is 0. The minimum atomic E-state index is -0.420. The minimum Gasteiger partial charge on any atom is -0.461 e. The summed E-state index contributed by atoms with van der Waals surface area (Å²) in [6, 6.07) is 0. The summed E-state index contributed by atoms with van der Waals surface area (Å²) in [4.78, 5) is 26.4. The molecule has 0 unspecified atom stereocenters. The van der Waals surface area contributed by atoms with Crippen LogP contribution in [0.2, 0.25) is 0 Å². The van der Waals surface area contributed by atoms with Crippen molar-refractivity contribution in [1.29, 1.82) is 0 Å². The molecule has 2 N–H and O–H groups in total. The summed E-state index contributed by atoms with van der Waals surface area (Å²) in [5.41, 5.74) is 2.29. The fraction of sp³-hybridized carbons (Fsp3) is 0.500. The van der Waals surface area contributed by atoms with E-state index < -0.39 is 5.97 Å². The summed E-state index contributed by atoms with van der Waals surface area (Å²) in [5.74, 6) is -0.453. The number of aromatic nitrogens is 1. The van der Waals surface area contributed by atoms with Crippen LogP contribution in [0.4, 0.5) is 0 Å². The Morgan fingerprint density at radius 1 is 1.35 bits per heavy atom. The number of aromatic amines is 1. The number of likely N-dealkylation sites (N-methyl/N-ethyl adjacent to an activating group) is 1. The van der Waals surface area contributed by atoms with Gasteiger partial charge in [-0.25, -0.2) is 4.79 Å². The van der Waals surface area contributed by atoms with Gasteiger partial charge in [0.1, 0.15) is 5.69 Å². The van der Waals surface area contributed by atoms with Gasteiger partial charge < -0.3 is 15.0 Å². The zero-order valence-corrected chi connectivity index (χ0v) is 10.6. The standard InChI is InChI=1S/C12H18N2O3/c1-5-17-12(16)11-7(2)10(8(3)14-11)9(15)6-13-4/h13-14H,5-6H2,1-4H3. The smallest absolute Gasteiger partial charge is 0.355 e. The van der Waals surface area contributed by atoms with Crippen molar-refractivity contribution in [3.05, 3.63) is 22.5 Å². The van der Waals surface area contributed by atoms with Crippen molar-refractivity contribution in [2.45, 2.75) is 20.8 Å². The molecular weight excluding hydrogens is 220 g/mol. The molecule has 0 aliphatic rings. The number of H-pyrrole nitrogens is 1. The maximum absolute atomic E-state index is 11.8. The normalized spacial score (nSPS) is 10.4. The largest absolute Gasteiger partial charge is 0.461 e. The fourth-order valence-electron chi connectivity index (χ4n) is 1.82. The Hall–Kier alpha value is -1.62.